The summed E-state index contributed by atoms with van der Waals surface area (Å²) in [4.78, 5) is 11.9. The SMILES string of the molecule is CC(Sc1nnc(N)s1)C(=O)Nc1c(F)c(F)c(C(F)(F)F)c(F)c1F. The number of aromatic nitrogens is 2. The molecule has 0 saturated heterocycles. The van der Waals surface area contributed by atoms with Crippen LogP contribution >= 0.6 is 23.1 Å². The molecule has 0 fully saturated rings. The molecule has 2 aromatic rings. The average Bonchev–Trinajstić information content (AvgIpc) is 2.93. The number of anilines is 2. The minimum atomic E-state index is -5.67. The lowest BCUT2D eigenvalue weighted by molar-refractivity contribution is -0.143. The summed E-state index contributed by atoms with van der Waals surface area (Å²) < 4.78 is 92.3. The molecule has 0 saturated carbocycles. The highest BCUT2D eigenvalue weighted by Crippen LogP contribution is 2.38. The Balaban J connectivity index is 2.30. The van der Waals surface area contributed by atoms with E-state index in [4.69, 9.17) is 5.73 Å². The number of thioether (sulfide) groups is 1. The second-order valence-corrected chi connectivity index (χ2v) is 7.26. The maximum Gasteiger partial charge on any atom is 0.422 e. The van der Waals surface area contributed by atoms with Gasteiger partial charge < -0.3 is 11.1 Å². The molecule has 1 heterocycles. The lowest BCUT2D eigenvalue weighted by Gasteiger charge is -2.16. The number of nitrogen functional groups attached to an aromatic ring is 1. The quantitative estimate of drug-likeness (QED) is 0.447. The number of nitrogens with zero attached hydrogens (tertiary/aromatic N) is 2. The number of hydrogen-bond donors (Lipinski definition) is 2. The summed E-state index contributed by atoms with van der Waals surface area (Å²) in [6, 6.07) is 0. The second kappa shape index (κ2) is 7.26. The first-order chi connectivity index (χ1) is 11.9. The number of nitrogens with two attached hydrogens (primary N) is 1. The van der Waals surface area contributed by atoms with Gasteiger partial charge in [0, 0.05) is 0 Å². The van der Waals surface area contributed by atoms with Gasteiger partial charge >= 0.3 is 6.18 Å². The molecule has 142 valence electrons. The molecule has 5 nitrogen and oxygen atoms in total. The summed E-state index contributed by atoms with van der Waals surface area (Å²) in [5.41, 5.74) is 0.944. The van der Waals surface area contributed by atoms with E-state index < -0.39 is 51.9 Å². The van der Waals surface area contributed by atoms with Gasteiger partial charge in [0.25, 0.3) is 0 Å². The number of nitrogens with one attached hydrogen (secondary N) is 1. The first-order valence-electron chi connectivity index (χ1n) is 6.43. The predicted octanol–water partition coefficient (Wildman–Crippen LogP) is 3.81. The first-order valence-corrected chi connectivity index (χ1v) is 8.12. The molecule has 0 radical (unpaired) electrons. The van der Waals surface area contributed by atoms with E-state index >= 15 is 0 Å². The number of hydrogen-bond acceptors (Lipinski definition) is 6. The Bertz CT molecular complexity index is 826. The van der Waals surface area contributed by atoms with Crippen LogP contribution in [0.4, 0.5) is 41.6 Å². The van der Waals surface area contributed by atoms with Crippen LogP contribution in [0.3, 0.4) is 0 Å². The Morgan fingerprint density at radius 1 is 1.12 bits per heavy atom. The van der Waals surface area contributed by atoms with E-state index in [-0.39, 0.29) is 9.47 Å². The molecule has 1 aromatic heterocycles. The van der Waals surface area contributed by atoms with E-state index in [1.807, 2.05) is 0 Å². The standard InChI is InChI=1S/C12H7F7N4OS2/c1-2(25-11-23-22-10(20)26-11)9(24)21-8-6(15)4(13)3(12(17,18)19)5(14)7(8)16/h2H,1H3,(H2,20,22)(H,21,24). The Hall–Kier alpha value is -2.09. The Labute approximate surface area is 148 Å². The van der Waals surface area contributed by atoms with Crippen molar-refractivity contribution in [2.24, 2.45) is 0 Å². The summed E-state index contributed by atoms with van der Waals surface area (Å²) in [7, 11) is 0. The smallest absolute Gasteiger partial charge is 0.374 e. The average molecular weight is 420 g/mol. The Morgan fingerprint density at radius 3 is 2.08 bits per heavy atom. The van der Waals surface area contributed by atoms with Crippen molar-refractivity contribution >= 4 is 39.8 Å². The number of alkyl halides is 3. The third-order valence-corrected chi connectivity index (χ3v) is 4.80. The molecule has 0 aliphatic carbocycles. The number of rotatable bonds is 4. The lowest BCUT2D eigenvalue weighted by atomic mass is 10.1. The van der Waals surface area contributed by atoms with Crippen molar-refractivity contribution < 1.29 is 35.5 Å². The van der Waals surface area contributed by atoms with Gasteiger partial charge in [-0.05, 0) is 6.92 Å². The van der Waals surface area contributed by atoms with Crippen LogP contribution in [0.15, 0.2) is 4.34 Å². The highest BCUT2D eigenvalue weighted by Gasteiger charge is 2.42. The van der Waals surface area contributed by atoms with Crippen molar-refractivity contribution in [1.29, 1.82) is 0 Å². The van der Waals surface area contributed by atoms with Gasteiger partial charge in [-0.3, -0.25) is 4.79 Å². The van der Waals surface area contributed by atoms with Crippen LogP contribution in [0.25, 0.3) is 0 Å². The second-order valence-electron chi connectivity index (χ2n) is 4.66. The van der Waals surface area contributed by atoms with Crippen LogP contribution < -0.4 is 11.1 Å². The molecule has 2 rings (SSSR count). The molecule has 26 heavy (non-hydrogen) atoms. The van der Waals surface area contributed by atoms with Gasteiger partial charge in [-0.15, -0.1) is 10.2 Å². The highest BCUT2D eigenvalue weighted by molar-refractivity contribution is 8.02. The number of carbonyl (C=O) groups is 1. The van der Waals surface area contributed by atoms with Gasteiger partial charge in [-0.2, -0.15) is 13.2 Å². The zero-order valence-corrected chi connectivity index (χ0v) is 14.1. The summed E-state index contributed by atoms with van der Waals surface area (Å²) in [6.07, 6.45) is -5.67. The van der Waals surface area contributed by atoms with Crippen LogP contribution in [0.2, 0.25) is 0 Å². The number of amides is 1. The molecule has 1 aromatic carbocycles. The van der Waals surface area contributed by atoms with E-state index in [2.05, 4.69) is 10.2 Å². The summed E-state index contributed by atoms with van der Waals surface area (Å²) in [6.45, 7) is 1.25. The first kappa shape index (κ1) is 20.2. The zero-order chi connectivity index (χ0) is 19.8. The number of carbonyl (C=O) groups excluding carboxylic acids is 1. The molecule has 0 aliphatic heterocycles. The normalized spacial score (nSPS) is 12.9. The van der Waals surface area contributed by atoms with Gasteiger partial charge in [-0.1, -0.05) is 23.1 Å². The maximum atomic E-state index is 13.7. The third kappa shape index (κ3) is 4.00. The minimum absolute atomic E-state index is 0.0871. The fourth-order valence-corrected chi connectivity index (χ4v) is 3.47. The fraction of sp³-hybridized carbons (Fsp3) is 0.250. The van der Waals surface area contributed by atoms with Gasteiger partial charge in [0.15, 0.2) is 27.6 Å². The lowest BCUT2D eigenvalue weighted by Crippen LogP contribution is -2.25. The van der Waals surface area contributed by atoms with Crippen molar-refractivity contribution in [3.63, 3.8) is 0 Å². The van der Waals surface area contributed by atoms with E-state index in [1.54, 1.807) is 0 Å². The summed E-state index contributed by atoms with van der Waals surface area (Å²) >= 11 is 1.66. The third-order valence-electron chi connectivity index (χ3n) is 2.86. The van der Waals surface area contributed by atoms with E-state index in [0.29, 0.717) is 0 Å². The monoisotopic (exact) mass is 420 g/mol. The van der Waals surface area contributed by atoms with E-state index in [9.17, 15) is 35.5 Å². The van der Waals surface area contributed by atoms with Crippen molar-refractivity contribution in [2.75, 3.05) is 11.1 Å². The van der Waals surface area contributed by atoms with Crippen molar-refractivity contribution in [1.82, 2.24) is 10.2 Å². The predicted molar refractivity (Wildman–Crippen MR) is 79.5 cm³/mol. The van der Waals surface area contributed by atoms with Crippen LogP contribution in [0.5, 0.6) is 0 Å². The molecule has 0 bridgehead atoms. The molecule has 0 spiro atoms. The Kier molecular flexibility index (Phi) is 5.65. The molecule has 14 heteroatoms. The highest BCUT2D eigenvalue weighted by atomic mass is 32.2. The van der Waals surface area contributed by atoms with Gasteiger partial charge in [0.1, 0.15) is 11.3 Å². The summed E-state index contributed by atoms with van der Waals surface area (Å²) in [5.74, 6) is -11.2. The van der Waals surface area contributed by atoms with E-state index in [0.717, 1.165) is 23.1 Å². The maximum absolute atomic E-state index is 13.7. The van der Waals surface area contributed by atoms with Crippen molar-refractivity contribution in [3.05, 3.63) is 28.8 Å². The molecular formula is C12H7F7N4OS2. The van der Waals surface area contributed by atoms with Crippen LogP contribution in [-0.2, 0) is 11.0 Å². The number of benzene rings is 1. The zero-order valence-electron chi connectivity index (χ0n) is 12.4. The molecule has 1 unspecified atom stereocenters. The number of halogens is 7. The fourth-order valence-electron chi connectivity index (χ4n) is 1.69. The molecular weight excluding hydrogens is 413 g/mol. The molecule has 1 amide bonds. The van der Waals surface area contributed by atoms with Gasteiger partial charge in [0.2, 0.25) is 11.0 Å². The summed E-state index contributed by atoms with van der Waals surface area (Å²) in [5, 5.41) is 7.58. The van der Waals surface area contributed by atoms with Crippen molar-refractivity contribution in [3.8, 4) is 0 Å². The largest absolute Gasteiger partial charge is 0.422 e. The van der Waals surface area contributed by atoms with Gasteiger partial charge in [0.05, 0.1) is 5.25 Å². The molecule has 3 N–H and O–H groups in total. The van der Waals surface area contributed by atoms with Crippen LogP contribution in [0, 0.1) is 23.3 Å². The van der Waals surface area contributed by atoms with Gasteiger partial charge in [-0.25, -0.2) is 17.6 Å². The van der Waals surface area contributed by atoms with Crippen molar-refractivity contribution in [2.45, 2.75) is 22.7 Å². The van der Waals surface area contributed by atoms with Crippen LogP contribution in [-0.4, -0.2) is 21.4 Å². The Morgan fingerprint density at radius 2 is 1.65 bits per heavy atom. The topological polar surface area (TPSA) is 80.9 Å². The van der Waals surface area contributed by atoms with Crippen LogP contribution in [0.1, 0.15) is 12.5 Å². The molecule has 1 atom stereocenters. The minimum Gasteiger partial charge on any atom is -0.374 e. The molecule has 0 aliphatic rings. The van der Waals surface area contributed by atoms with E-state index in [1.165, 1.54) is 12.2 Å².